The summed E-state index contributed by atoms with van der Waals surface area (Å²) in [6, 6.07) is 10.3. The van der Waals surface area contributed by atoms with Crippen LogP contribution >= 0.6 is 0 Å². The summed E-state index contributed by atoms with van der Waals surface area (Å²) in [5.41, 5.74) is 3.01. The second kappa shape index (κ2) is 9.77. The minimum absolute atomic E-state index is 0.0574. The number of nitrogens with zero attached hydrogens (tertiary/aromatic N) is 2. The van der Waals surface area contributed by atoms with Gasteiger partial charge in [0.2, 0.25) is 0 Å². The third kappa shape index (κ3) is 6.03. The summed E-state index contributed by atoms with van der Waals surface area (Å²) >= 11 is 0. The van der Waals surface area contributed by atoms with Gasteiger partial charge in [0.15, 0.2) is 8.32 Å². The number of aromatic nitrogens is 2. The third-order valence-electron chi connectivity index (χ3n) is 6.11. The third-order valence-corrected chi connectivity index (χ3v) is 9.60. The lowest BCUT2D eigenvalue weighted by Gasteiger charge is -2.41. The Labute approximate surface area is 183 Å². The Balaban J connectivity index is 2.52. The van der Waals surface area contributed by atoms with E-state index in [0.717, 1.165) is 35.7 Å². The first-order valence-electron chi connectivity index (χ1n) is 11.0. The highest BCUT2D eigenvalue weighted by Crippen LogP contribution is 2.46. The van der Waals surface area contributed by atoms with Crippen molar-refractivity contribution < 1.29 is 14.6 Å². The molecule has 0 aliphatic rings. The summed E-state index contributed by atoms with van der Waals surface area (Å²) in [6.45, 7) is 16.8. The van der Waals surface area contributed by atoms with Gasteiger partial charge in [-0.1, -0.05) is 58.0 Å². The Morgan fingerprint density at radius 3 is 2.27 bits per heavy atom. The first-order chi connectivity index (χ1) is 13.9. The minimum Gasteiger partial charge on any atom is -0.432 e. The predicted octanol–water partition coefficient (Wildman–Crippen LogP) is 5.02. The van der Waals surface area contributed by atoms with Gasteiger partial charge in [0, 0.05) is 31.7 Å². The zero-order valence-electron chi connectivity index (χ0n) is 19.8. The smallest absolute Gasteiger partial charge is 0.188 e. The van der Waals surface area contributed by atoms with Crippen LogP contribution in [-0.2, 0) is 24.3 Å². The molecule has 2 rings (SSSR count). The topological polar surface area (TPSA) is 67.5 Å². The molecule has 1 heterocycles. The van der Waals surface area contributed by atoms with Crippen LogP contribution in [0.25, 0.3) is 11.3 Å². The van der Waals surface area contributed by atoms with Gasteiger partial charge in [-0.15, -0.1) is 0 Å². The van der Waals surface area contributed by atoms with Crippen molar-refractivity contribution in [1.82, 2.24) is 9.55 Å². The zero-order valence-corrected chi connectivity index (χ0v) is 20.8. The molecule has 0 amide bonds. The van der Waals surface area contributed by atoms with Crippen LogP contribution in [0, 0.1) is 5.41 Å². The standard InChI is InChI=1S/C24H40N2O3Si/c1-8-29-16-21-25-20(14-15-27)22(19-12-10-9-11-13-19)26(21)18-23(2,3)17-24(4,5)30(6,7)28/h9-13,27-28H,8,14-18H2,1-7H3. The fourth-order valence-electron chi connectivity index (χ4n) is 4.12. The number of rotatable bonds is 11. The second-order valence-electron chi connectivity index (χ2n) is 10.2. The Kier molecular flexibility index (Phi) is 8.07. The van der Waals surface area contributed by atoms with Crippen LogP contribution in [0.2, 0.25) is 18.1 Å². The maximum atomic E-state index is 10.8. The molecule has 2 aromatic rings. The fourth-order valence-corrected chi connectivity index (χ4v) is 5.03. The van der Waals surface area contributed by atoms with Gasteiger partial charge in [-0.05, 0) is 36.9 Å². The normalized spacial score (nSPS) is 13.1. The highest BCUT2D eigenvalue weighted by Gasteiger charge is 2.42. The molecule has 1 aromatic heterocycles. The van der Waals surface area contributed by atoms with Crippen LogP contribution in [0.15, 0.2) is 30.3 Å². The molecule has 0 aliphatic carbocycles. The molecule has 168 valence electrons. The average Bonchev–Trinajstić information content (AvgIpc) is 2.95. The van der Waals surface area contributed by atoms with Gasteiger partial charge >= 0.3 is 0 Å². The average molecular weight is 433 g/mol. The summed E-state index contributed by atoms with van der Waals surface area (Å²) in [5, 5.41) is 9.53. The molecule has 0 saturated heterocycles. The van der Waals surface area contributed by atoms with E-state index in [2.05, 4.69) is 44.4 Å². The number of hydrogen-bond donors (Lipinski definition) is 2. The van der Waals surface area contributed by atoms with Gasteiger partial charge in [-0.25, -0.2) is 4.98 Å². The first-order valence-corrected chi connectivity index (χ1v) is 13.9. The van der Waals surface area contributed by atoms with Gasteiger partial charge in [0.25, 0.3) is 0 Å². The zero-order chi connectivity index (χ0) is 22.6. The molecule has 0 fully saturated rings. The summed E-state index contributed by atoms with van der Waals surface area (Å²) < 4.78 is 8.01. The second-order valence-corrected chi connectivity index (χ2v) is 14.6. The summed E-state index contributed by atoms with van der Waals surface area (Å²) in [4.78, 5) is 15.7. The number of ether oxygens (including phenoxy) is 1. The van der Waals surface area contributed by atoms with Gasteiger partial charge in [0.05, 0.1) is 11.4 Å². The highest BCUT2D eigenvalue weighted by molar-refractivity contribution is 6.72. The number of aliphatic hydroxyl groups excluding tert-OH is 1. The van der Waals surface area contributed by atoms with Crippen LogP contribution in [0.5, 0.6) is 0 Å². The summed E-state index contributed by atoms with van der Waals surface area (Å²) in [5.74, 6) is 0.894. The SMILES string of the molecule is CCOCc1nc(CCO)c(-c2ccccc2)n1CC(C)(C)CC(C)(C)[Si](C)(C)O. The maximum absolute atomic E-state index is 10.8. The number of aliphatic hydroxyl groups is 1. The van der Waals surface area contributed by atoms with Crippen molar-refractivity contribution in [2.24, 2.45) is 5.41 Å². The lowest BCUT2D eigenvalue weighted by molar-refractivity contribution is 0.122. The van der Waals surface area contributed by atoms with Gasteiger partial charge in [0.1, 0.15) is 12.4 Å². The maximum Gasteiger partial charge on any atom is 0.188 e. The van der Waals surface area contributed by atoms with Crippen molar-refractivity contribution in [2.45, 2.75) is 78.7 Å². The van der Waals surface area contributed by atoms with Crippen LogP contribution in [0.1, 0.15) is 52.6 Å². The van der Waals surface area contributed by atoms with Crippen molar-refractivity contribution in [3.05, 3.63) is 41.9 Å². The Hall–Kier alpha value is -1.47. The van der Waals surface area contributed by atoms with E-state index in [0.29, 0.717) is 19.6 Å². The molecule has 0 aliphatic heterocycles. The molecule has 0 spiro atoms. The first kappa shape index (κ1) is 24.8. The van der Waals surface area contributed by atoms with Gasteiger partial charge in [-0.2, -0.15) is 0 Å². The molecule has 0 bridgehead atoms. The Morgan fingerprint density at radius 2 is 1.73 bits per heavy atom. The molecular weight excluding hydrogens is 392 g/mol. The van der Waals surface area contributed by atoms with Gasteiger partial charge in [-0.3, -0.25) is 0 Å². The van der Waals surface area contributed by atoms with Gasteiger partial charge < -0.3 is 19.2 Å². The van der Waals surface area contributed by atoms with E-state index in [1.165, 1.54) is 0 Å². The largest absolute Gasteiger partial charge is 0.432 e. The molecule has 30 heavy (non-hydrogen) atoms. The van der Waals surface area contributed by atoms with Crippen LogP contribution < -0.4 is 0 Å². The summed E-state index contributed by atoms with van der Waals surface area (Å²) in [7, 11) is -2.31. The predicted molar refractivity (Wildman–Crippen MR) is 126 cm³/mol. The van der Waals surface area contributed by atoms with Crippen LogP contribution in [-0.4, -0.2) is 41.0 Å². The molecule has 0 saturated carbocycles. The summed E-state index contributed by atoms with van der Waals surface area (Å²) in [6.07, 6.45) is 1.42. The lowest BCUT2D eigenvalue weighted by atomic mass is 9.83. The van der Waals surface area contributed by atoms with Crippen molar-refractivity contribution in [1.29, 1.82) is 0 Å². The van der Waals surface area contributed by atoms with E-state index in [9.17, 15) is 9.90 Å². The van der Waals surface area contributed by atoms with E-state index in [4.69, 9.17) is 9.72 Å². The molecule has 2 N–H and O–H groups in total. The number of hydrogen-bond acceptors (Lipinski definition) is 4. The molecule has 5 nitrogen and oxygen atoms in total. The fraction of sp³-hybridized carbons (Fsp3) is 0.625. The molecule has 0 unspecified atom stereocenters. The van der Waals surface area contributed by atoms with Crippen molar-refractivity contribution >= 4 is 8.32 Å². The van der Waals surface area contributed by atoms with Crippen molar-refractivity contribution in [3.8, 4) is 11.3 Å². The van der Waals surface area contributed by atoms with Crippen molar-refractivity contribution in [3.63, 3.8) is 0 Å². The molecular formula is C24H40N2O3Si. The Morgan fingerprint density at radius 1 is 1.10 bits per heavy atom. The van der Waals surface area contributed by atoms with Crippen molar-refractivity contribution in [2.75, 3.05) is 13.2 Å². The molecule has 6 heteroatoms. The Bertz CT molecular complexity index is 808. The molecule has 0 radical (unpaired) electrons. The van der Waals surface area contributed by atoms with E-state index in [1.807, 2.05) is 38.2 Å². The van der Waals surface area contributed by atoms with E-state index in [1.54, 1.807) is 0 Å². The monoisotopic (exact) mass is 432 g/mol. The number of imidazole rings is 1. The van der Waals surface area contributed by atoms with E-state index >= 15 is 0 Å². The molecule has 0 atom stereocenters. The lowest BCUT2D eigenvalue weighted by Crippen LogP contribution is -2.42. The number of benzene rings is 1. The van der Waals surface area contributed by atoms with Crippen LogP contribution in [0.3, 0.4) is 0 Å². The van der Waals surface area contributed by atoms with E-state index in [-0.39, 0.29) is 17.1 Å². The quantitative estimate of drug-likeness (QED) is 0.490. The molecule has 1 aromatic carbocycles. The highest BCUT2D eigenvalue weighted by atomic mass is 28.4. The minimum atomic E-state index is -2.31. The van der Waals surface area contributed by atoms with E-state index < -0.39 is 8.32 Å². The van der Waals surface area contributed by atoms with Crippen LogP contribution in [0.4, 0.5) is 0 Å².